The molecule has 2 heterocycles. The zero-order valence-electron chi connectivity index (χ0n) is 9.57. The maximum atomic E-state index is 12.2. The number of nitrogens with zero attached hydrogens (tertiary/aromatic N) is 2. The molecule has 0 spiro atoms. The van der Waals surface area contributed by atoms with Crippen LogP contribution >= 0.6 is 0 Å². The minimum Gasteiger partial charge on any atom is -0.379 e. The van der Waals surface area contributed by atoms with E-state index >= 15 is 0 Å². The van der Waals surface area contributed by atoms with E-state index in [4.69, 9.17) is 10.5 Å². The highest BCUT2D eigenvalue weighted by Gasteiger charge is 2.27. The molecule has 1 saturated heterocycles. The van der Waals surface area contributed by atoms with E-state index in [2.05, 4.69) is 4.98 Å². The normalized spacial score (nSPS) is 17.6. The van der Waals surface area contributed by atoms with Crippen LogP contribution < -0.4 is 5.73 Å². The van der Waals surface area contributed by atoms with Crippen LogP contribution in [0.3, 0.4) is 0 Å². The van der Waals surface area contributed by atoms with E-state index < -0.39 is 15.9 Å². The van der Waals surface area contributed by atoms with Gasteiger partial charge >= 0.3 is 0 Å². The number of nitrogens with two attached hydrogens (primary N) is 1. The zero-order valence-corrected chi connectivity index (χ0v) is 10.4. The summed E-state index contributed by atoms with van der Waals surface area (Å²) in [6.07, 6.45) is 0. The Morgan fingerprint density at radius 1 is 1.33 bits per heavy atom. The number of primary amides is 1. The van der Waals surface area contributed by atoms with Gasteiger partial charge in [-0.25, -0.2) is 13.4 Å². The van der Waals surface area contributed by atoms with Gasteiger partial charge in [0.25, 0.3) is 15.9 Å². The van der Waals surface area contributed by atoms with Crippen molar-refractivity contribution < 1.29 is 17.9 Å². The fourth-order valence-corrected chi connectivity index (χ4v) is 2.97. The fraction of sp³-hybridized carbons (Fsp3) is 0.400. The molecule has 1 amide bonds. The van der Waals surface area contributed by atoms with Gasteiger partial charge < -0.3 is 10.5 Å². The summed E-state index contributed by atoms with van der Waals surface area (Å²) >= 11 is 0. The van der Waals surface area contributed by atoms with Crippen LogP contribution in [0.2, 0.25) is 0 Å². The van der Waals surface area contributed by atoms with Crippen LogP contribution in [-0.4, -0.2) is 49.9 Å². The third-order valence-electron chi connectivity index (χ3n) is 2.55. The second-order valence-electron chi connectivity index (χ2n) is 3.74. The lowest BCUT2D eigenvalue weighted by atomic mass is 10.3. The lowest BCUT2D eigenvalue weighted by Crippen LogP contribution is -2.41. The van der Waals surface area contributed by atoms with Gasteiger partial charge in [-0.1, -0.05) is 6.07 Å². The fourth-order valence-electron chi connectivity index (χ4n) is 1.61. The molecule has 1 aliphatic rings. The Hall–Kier alpha value is -1.51. The molecule has 8 heteroatoms. The van der Waals surface area contributed by atoms with Gasteiger partial charge in [0.05, 0.1) is 13.2 Å². The number of pyridine rings is 1. The second-order valence-corrected chi connectivity index (χ2v) is 5.63. The number of hydrogen-bond acceptors (Lipinski definition) is 5. The molecule has 0 aromatic carbocycles. The first-order valence-electron chi connectivity index (χ1n) is 5.36. The van der Waals surface area contributed by atoms with Crippen LogP contribution in [0.4, 0.5) is 0 Å². The number of sulfonamides is 1. The monoisotopic (exact) mass is 271 g/mol. The maximum Gasteiger partial charge on any atom is 0.267 e. The van der Waals surface area contributed by atoms with Gasteiger partial charge in [0.1, 0.15) is 5.69 Å². The largest absolute Gasteiger partial charge is 0.379 e. The Bertz CT molecular complexity index is 552. The van der Waals surface area contributed by atoms with Crippen molar-refractivity contribution in [2.75, 3.05) is 26.3 Å². The van der Waals surface area contributed by atoms with E-state index in [0.29, 0.717) is 13.2 Å². The van der Waals surface area contributed by atoms with Crippen molar-refractivity contribution in [2.24, 2.45) is 5.73 Å². The summed E-state index contributed by atoms with van der Waals surface area (Å²) in [6, 6.07) is 4.17. The van der Waals surface area contributed by atoms with Crippen molar-refractivity contribution in [3.05, 3.63) is 23.9 Å². The Morgan fingerprint density at radius 2 is 2.00 bits per heavy atom. The number of aromatic nitrogens is 1. The SMILES string of the molecule is NC(=O)c1cccc(S(=O)(=O)N2CCOCC2)n1. The molecule has 1 aliphatic heterocycles. The summed E-state index contributed by atoms with van der Waals surface area (Å²) in [5.41, 5.74) is 5.01. The van der Waals surface area contributed by atoms with Crippen molar-refractivity contribution in [1.29, 1.82) is 0 Å². The molecule has 0 radical (unpaired) electrons. The predicted molar refractivity (Wildman–Crippen MR) is 62.3 cm³/mol. The molecular weight excluding hydrogens is 258 g/mol. The summed E-state index contributed by atoms with van der Waals surface area (Å²) in [5, 5.41) is -0.166. The van der Waals surface area contributed by atoms with Gasteiger partial charge in [-0.2, -0.15) is 4.31 Å². The van der Waals surface area contributed by atoms with Crippen LogP contribution in [0.5, 0.6) is 0 Å². The standard InChI is InChI=1S/C10H13N3O4S/c11-10(14)8-2-1-3-9(12-8)18(15,16)13-4-6-17-7-5-13/h1-3H,4-7H2,(H2,11,14). The average molecular weight is 271 g/mol. The van der Waals surface area contributed by atoms with Crippen LogP contribution in [-0.2, 0) is 14.8 Å². The summed E-state index contributed by atoms with van der Waals surface area (Å²) < 4.78 is 30.8. The van der Waals surface area contributed by atoms with Crippen LogP contribution in [0, 0.1) is 0 Å². The van der Waals surface area contributed by atoms with Gasteiger partial charge in [-0.15, -0.1) is 0 Å². The molecule has 18 heavy (non-hydrogen) atoms. The first-order chi connectivity index (χ1) is 8.51. The first kappa shape index (κ1) is 12.9. The van der Waals surface area contributed by atoms with Crippen LogP contribution in [0.15, 0.2) is 23.2 Å². The molecule has 1 aromatic rings. The van der Waals surface area contributed by atoms with Crippen molar-refractivity contribution in [3.63, 3.8) is 0 Å². The van der Waals surface area contributed by atoms with Crippen molar-refractivity contribution >= 4 is 15.9 Å². The first-order valence-corrected chi connectivity index (χ1v) is 6.80. The molecule has 0 bridgehead atoms. The third kappa shape index (κ3) is 2.50. The molecule has 0 aliphatic carbocycles. The Kier molecular flexibility index (Phi) is 3.60. The van der Waals surface area contributed by atoms with Crippen molar-refractivity contribution in [1.82, 2.24) is 9.29 Å². The number of carbonyl (C=O) groups excluding carboxylic acids is 1. The lowest BCUT2D eigenvalue weighted by Gasteiger charge is -2.25. The summed E-state index contributed by atoms with van der Waals surface area (Å²) in [7, 11) is -3.68. The summed E-state index contributed by atoms with van der Waals surface area (Å²) in [5.74, 6) is -0.756. The number of hydrogen-bond donors (Lipinski definition) is 1. The van der Waals surface area contributed by atoms with E-state index in [1.54, 1.807) is 0 Å². The maximum absolute atomic E-state index is 12.2. The Morgan fingerprint density at radius 3 is 2.61 bits per heavy atom. The average Bonchev–Trinajstić information content (AvgIpc) is 2.40. The van der Waals surface area contributed by atoms with Gasteiger partial charge in [0.15, 0.2) is 5.03 Å². The van der Waals surface area contributed by atoms with E-state index in [-0.39, 0.29) is 23.8 Å². The van der Waals surface area contributed by atoms with Crippen LogP contribution in [0.1, 0.15) is 10.5 Å². The smallest absolute Gasteiger partial charge is 0.267 e. The van der Waals surface area contributed by atoms with Crippen molar-refractivity contribution in [2.45, 2.75) is 5.03 Å². The third-order valence-corrected chi connectivity index (χ3v) is 4.35. The molecule has 2 rings (SSSR count). The van der Waals surface area contributed by atoms with Gasteiger partial charge in [-0.3, -0.25) is 4.79 Å². The number of amides is 1. The molecule has 0 atom stereocenters. The molecule has 0 unspecified atom stereocenters. The second kappa shape index (κ2) is 5.01. The highest BCUT2D eigenvalue weighted by Crippen LogP contribution is 2.15. The molecule has 1 fully saturated rings. The number of carbonyl (C=O) groups is 1. The topological polar surface area (TPSA) is 103 Å². The van der Waals surface area contributed by atoms with E-state index in [9.17, 15) is 13.2 Å². The quantitative estimate of drug-likeness (QED) is 0.775. The van der Waals surface area contributed by atoms with E-state index in [1.165, 1.54) is 22.5 Å². The zero-order chi connectivity index (χ0) is 13.2. The lowest BCUT2D eigenvalue weighted by molar-refractivity contribution is 0.0729. The predicted octanol–water partition coefficient (Wildman–Crippen LogP) is -0.799. The highest BCUT2D eigenvalue weighted by molar-refractivity contribution is 7.89. The van der Waals surface area contributed by atoms with Gasteiger partial charge in [0.2, 0.25) is 0 Å². The highest BCUT2D eigenvalue weighted by atomic mass is 32.2. The molecule has 2 N–H and O–H groups in total. The number of ether oxygens (including phenoxy) is 1. The van der Waals surface area contributed by atoms with Crippen LogP contribution in [0.25, 0.3) is 0 Å². The molecule has 1 aromatic heterocycles. The van der Waals surface area contributed by atoms with Crippen molar-refractivity contribution in [3.8, 4) is 0 Å². The number of rotatable bonds is 3. The van der Waals surface area contributed by atoms with Gasteiger partial charge in [-0.05, 0) is 12.1 Å². The Labute approximate surface area is 105 Å². The molecule has 7 nitrogen and oxygen atoms in total. The molecule has 98 valence electrons. The molecule has 0 saturated carbocycles. The van der Waals surface area contributed by atoms with E-state index in [0.717, 1.165) is 0 Å². The summed E-state index contributed by atoms with van der Waals surface area (Å²) in [4.78, 5) is 14.8. The minimum atomic E-state index is -3.68. The van der Waals surface area contributed by atoms with Gasteiger partial charge in [0, 0.05) is 13.1 Å². The number of morpholine rings is 1. The molecular formula is C10H13N3O4S. The minimum absolute atomic E-state index is 0.0654. The Balaban J connectivity index is 2.34. The summed E-state index contributed by atoms with van der Waals surface area (Å²) in [6.45, 7) is 1.28. The van der Waals surface area contributed by atoms with E-state index in [1.807, 2.05) is 0 Å².